The molecule has 3 rings (SSSR count). The quantitative estimate of drug-likeness (QED) is 0.623. The number of nitrogens with one attached hydrogen (secondary N) is 1. The van der Waals surface area contributed by atoms with Crippen molar-refractivity contribution >= 4 is 29.9 Å². The van der Waals surface area contributed by atoms with Gasteiger partial charge in [0.25, 0.3) is 0 Å². The summed E-state index contributed by atoms with van der Waals surface area (Å²) in [6, 6.07) is 4.94. The number of carbonyl (C=O) groups excluding carboxylic acids is 3. The van der Waals surface area contributed by atoms with E-state index < -0.39 is 6.03 Å². The summed E-state index contributed by atoms with van der Waals surface area (Å²) in [6.45, 7) is 6.54. The number of carbonyl (C=O) groups is 3. The molecule has 0 aliphatic carbocycles. The van der Waals surface area contributed by atoms with Gasteiger partial charge in [0.1, 0.15) is 34.7 Å². The molecular formula is C24H28N6O4. The Balaban J connectivity index is 1.85. The molecule has 34 heavy (non-hydrogen) atoms. The highest BCUT2D eigenvalue weighted by atomic mass is 16.5. The van der Waals surface area contributed by atoms with Crippen molar-refractivity contribution in [3.63, 3.8) is 0 Å². The van der Waals surface area contributed by atoms with Crippen molar-refractivity contribution in [2.24, 2.45) is 5.92 Å². The molecule has 0 saturated carbocycles. The van der Waals surface area contributed by atoms with Gasteiger partial charge in [-0.2, -0.15) is 5.26 Å². The average molecular weight is 465 g/mol. The Morgan fingerprint density at radius 1 is 1.38 bits per heavy atom. The predicted molar refractivity (Wildman–Crippen MR) is 126 cm³/mol. The minimum atomic E-state index is -0.453. The molecule has 1 aliphatic heterocycles. The molecule has 0 atom stereocenters. The third-order valence-corrected chi connectivity index (χ3v) is 5.37. The summed E-state index contributed by atoms with van der Waals surface area (Å²) in [7, 11) is 1.65. The number of urea groups is 1. The summed E-state index contributed by atoms with van der Waals surface area (Å²) in [6.07, 6.45) is 3.41. The summed E-state index contributed by atoms with van der Waals surface area (Å²) >= 11 is 0. The summed E-state index contributed by atoms with van der Waals surface area (Å²) in [5.74, 6) is 1.14. The normalized spacial score (nSPS) is 12.5. The molecule has 0 spiro atoms. The Labute approximate surface area is 198 Å². The summed E-state index contributed by atoms with van der Waals surface area (Å²) in [4.78, 5) is 48.0. The monoisotopic (exact) mass is 464 g/mol. The molecule has 0 bridgehead atoms. The van der Waals surface area contributed by atoms with Crippen molar-refractivity contribution in [1.29, 1.82) is 5.26 Å². The summed E-state index contributed by atoms with van der Waals surface area (Å²) in [5.41, 5.74) is 1.93. The number of hydrogen-bond acceptors (Lipinski definition) is 7. The van der Waals surface area contributed by atoms with E-state index in [2.05, 4.69) is 15.3 Å². The molecule has 178 valence electrons. The van der Waals surface area contributed by atoms with Gasteiger partial charge in [-0.1, -0.05) is 13.8 Å². The van der Waals surface area contributed by atoms with Crippen LogP contribution in [-0.4, -0.2) is 53.3 Å². The zero-order chi connectivity index (χ0) is 24.8. The summed E-state index contributed by atoms with van der Waals surface area (Å²) in [5, 5.41) is 12.0. The van der Waals surface area contributed by atoms with E-state index in [0.717, 1.165) is 5.56 Å². The molecule has 2 aromatic heterocycles. The maximum Gasteiger partial charge on any atom is 0.328 e. The maximum absolute atomic E-state index is 13.1. The van der Waals surface area contributed by atoms with Crippen LogP contribution in [-0.2, 0) is 17.8 Å². The van der Waals surface area contributed by atoms with E-state index >= 15 is 0 Å². The molecule has 0 saturated heterocycles. The summed E-state index contributed by atoms with van der Waals surface area (Å²) < 4.78 is 5.70. The van der Waals surface area contributed by atoms with Crippen LogP contribution in [0.4, 0.5) is 16.4 Å². The Hall–Kier alpha value is -4.00. The molecule has 1 aliphatic rings. The average Bonchev–Trinajstić information content (AvgIpc) is 2.81. The van der Waals surface area contributed by atoms with Gasteiger partial charge in [-0.25, -0.2) is 14.8 Å². The van der Waals surface area contributed by atoms with Crippen LogP contribution in [0.3, 0.4) is 0 Å². The lowest BCUT2D eigenvalue weighted by molar-refractivity contribution is -0.128. The predicted octanol–water partition coefficient (Wildman–Crippen LogP) is 3.16. The third-order valence-electron chi connectivity index (χ3n) is 5.37. The lowest BCUT2D eigenvalue weighted by atomic mass is 10.0. The smallest absolute Gasteiger partial charge is 0.328 e. The van der Waals surface area contributed by atoms with E-state index in [1.54, 1.807) is 7.05 Å². The molecular weight excluding hydrogens is 436 g/mol. The first-order valence-electron chi connectivity index (χ1n) is 11.0. The van der Waals surface area contributed by atoms with E-state index in [1.807, 2.05) is 26.0 Å². The first-order chi connectivity index (χ1) is 16.2. The van der Waals surface area contributed by atoms with Crippen molar-refractivity contribution < 1.29 is 19.1 Å². The van der Waals surface area contributed by atoms with Gasteiger partial charge in [0.05, 0.1) is 12.8 Å². The molecule has 10 heteroatoms. The number of fused-ring (bicyclic) bond motifs is 1. The number of nitrogens with zero attached hydrogens (tertiary/aromatic N) is 5. The molecule has 0 aromatic carbocycles. The molecule has 10 nitrogen and oxygen atoms in total. The highest BCUT2D eigenvalue weighted by Crippen LogP contribution is 2.29. The lowest BCUT2D eigenvalue weighted by Gasteiger charge is -2.29. The Morgan fingerprint density at radius 3 is 2.79 bits per heavy atom. The van der Waals surface area contributed by atoms with E-state index in [4.69, 9.17) is 4.74 Å². The number of ether oxygens (including phenoxy) is 1. The second-order valence-corrected chi connectivity index (χ2v) is 8.58. The standard InChI is InChI=1S/C24H28N6O4/c1-15(2)14-34-21-9-22(26-11-19(21)10-25)28-24(33)30-7-5-6-17-8-18(12-29(4)16(3)32)20(13-31)27-23(17)30/h8-9,11,13,15H,5-7,12,14H2,1-4H3,(H,26,28,33). The minimum Gasteiger partial charge on any atom is -0.492 e. The largest absolute Gasteiger partial charge is 0.492 e. The second-order valence-electron chi connectivity index (χ2n) is 8.58. The number of pyridine rings is 2. The highest BCUT2D eigenvalue weighted by Gasteiger charge is 2.26. The molecule has 0 radical (unpaired) electrons. The van der Waals surface area contributed by atoms with Gasteiger partial charge in [0, 0.05) is 38.7 Å². The van der Waals surface area contributed by atoms with E-state index in [9.17, 15) is 19.6 Å². The van der Waals surface area contributed by atoms with Crippen molar-refractivity contribution in [1.82, 2.24) is 14.9 Å². The number of amides is 3. The molecule has 3 amide bonds. The zero-order valence-electron chi connectivity index (χ0n) is 19.8. The van der Waals surface area contributed by atoms with Crippen LogP contribution in [0.5, 0.6) is 5.75 Å². The van der Waals surface area contributed by atoms with Gasteiger partial charge < -0.3 is 9.64 Å². The van der Waals surface area contributed by atoms with E-state index in [-0.39, 0.29) is 35.4 Å². The number of aryl methyl sites for hydroxylation is 1. The lowest BCUT2D eigenvalue weighted by Crippen LogP contribution is -2.40. The molecule has 0 unspecified atom stereocenters. The first kappa shape index (κ1) is 24.6. The van der Waals surface area contributed by atoms with Crippen LogP contribution < -0.4 is 15.0 Å². The van der Waals surface area contributed by atoms with Crippen LogP contribution in [0.2, 0.25) is 0 Å². The van der Waals surface area contributed by atoms with Crippen LogP contribution in [0, 0.1) is 17.2 Å². The fourth-order valence-corrected chi connectivity index (χ4v) is 3.49. The van der Waals surface area contributed by atoms with Crippen LogP contribution >= 0.6 is 0 Å². The number of aldehydes is 1. The number of rotatable bonds is 7. The zero-order valence-corrected chi connectivity index (χ0v) is 19.8. The van der Waals surface area contributed by atoms with Gasteiger partial charge in [-0.15, -0.1) is 0 Å². The molecule has 3 heterocycles. The maximum atomic E-state index is 13.1. The number of anilines is 2. The highest BCUT2D eigenvalue weighted by molar-refractivity contribution is 6.01. The number of nitriles is 1. The second kappa shape index (κ2) is 10.7. The van der Waals surface area contributed by atoms with E-state index in [0.29, 0.717) is 49.4 Å². The Bertz CT molecular complexity index is 1140. The van der Waals surface area contributed by atoms with Gasteiger partial charge in [-0.05, 0) is 30.4 Å². The van der Waals surface area contributed by atoms with Crippen molar-refractivity contribution in [2.75, 3.05) is 30.4 Å². The van der Waals surface area contributed by atoms with Gasteiger partial charge in [0.15, 0.2) is 6.29 Å². The van der Waals surface area contributed by atoms with Crippen LogP contribution in [0.15, 0.2) is 18.3 Å². The molecule has 0 fully saturated rings. The van der Waals surface area contributed by atoms with Crippen molar-refractivity contribution in [3.8, 4) is 11.8 Å². The first-order valence-corrected chi connectivity index (χ1v) is 11.0. The fourth-order valence-electron chi connectivity index (χ4n) is 3.49. The van der Waals surface area contributed by atoms with Crippen LogP contribution in [0.1, 0.15) is 54.4 Å². The number of hydrogen-bond donors (Lipinski definition) is 1. The molecule has 2 aromatic rings. The van der Waals surface area contributed by atoms with Gasteiger partial charge >= 0.3 is 6.03 Å². The number of aromatic nitrogens is 2. The molecule has 1 N–H and O–H groups in total. The van der Waals surface area contributed by atoms with Gasteiger partial charge in [-0.3, -0.25) is 19.8 Å². The van der Waals surface area contributed by atoms with Crippen molar-refractivity contribution in [2.45, 2.75) is 40.2 Å². The third kappa shape index (κ3) is 5.67. The Morgan fingerprint density at radius 2 is 2.15 bits per heavy atom. The Kier molecular flexibility index (Phi) is 7.79. The topological polar surface area (TPSA) is 129 Å². The van der Waals surface area contributed by atoms with Gasteiger partial charge in [0.2, 0.25) is 5.91 Å². The SMILES string of the molecule is CC(=O)N(C)Cc1cc2c(nc1C=O)N(C(=O)Nc1cc(OCC(C)C)c(C#N)cn1)CCC2. The fraction of sp³-hybridized carbons (Fsp3) is 0.417. The van der Waals surface area contributed by atoms with Crippen LogP contribution in [0.25, 0.3) is 0 Å². The van der Waals surface area contributed by atoms with Crippen molar-refractivity contribution in [3.05, 3.63) is 40.7 Å². The van der Waals surface area contributed by atoms with E-state index in [1.165, 1.54) is 29.0 Å². The minimum absolute atomic E-state index is 0.123.